The minimum absolute atomic E-state index is 0.327. The highest BCUT2D eigenvalue weighted by atomic mass is 14.1. The van der Waals surface area contributed by atoms with E-state index in [-0.39, 0.29) is 0 Å². The Bertz CT molecular complexity index is 234. The third-order valence-electron chi connectivity index (χ3n) is 2.17. The van der Waals surface area contributed by atoms with E-state index in [0.29, 0.717) is 21.7 Å². The van der Waals surface area contributed by atoms with Gasteiger partial charge in [0.15, 0.2) is 0 Å². The lowest BCUT2D eigenvalue weighted by Gasteiger charge is -2.17. The largest absolute Gasteiger partial charge is 0.0826 e. The van der Waals surface area contributed by atoms with Gasteiger partial charge in [-0.2, -0.15) is 0 Å². The van der Waals surface area contributed by atoms with Crippen molar-refractivity contribution < 1.29 is 0 Å². The molecule has 0 amide bonds. The molecule has 0 radical (unpaired) electrons. The molecule has 0 aliphatic heterocycles. The molecule has 0 aromatic carbocycles. The van der Waals surface area contributed by atoms with E-state index in [0.717, 1.165) is 0 Å². The molecule has 0 aromatic rings. The van der Waals surface area contributed by atoms with E-state index in [9.17, 15) is 0 Å². The first-order chi connectivity index (χ1) is 8.41. The van der Waals surface area contributed by atoms with Gasteiger partial charge in [-0.25, -0.2) is 0 Å². The van der Waals surface area contributed by atoms with Crippen molar-refractivity contribution >= 4 is 0 Å². The van der Waals surface area contributed by atoms with E-state index in [1.807, 2.05) is 0 Å². The Morgan fingerprint density at radius 1 is 0.300 bits per heavy atom. The van der Waals surface area contributed by atoms with Crippen molar-refractivity contribution in [3.8, 4) is 0 Å². The molecule has 0 fully saturated rings. The van der Waals surface area contributed by atoms with Crippen LogP contribution in [0.15, 0.2) is 24.3 Å². The fraction of sp³-hybridized carbons (Fsp3) is 0.800. The number of rotatable bonds is 0. The molecule has 0 saturated carbocycles. The second kappa shape index (κ2) is 7.48. The van der Waals surface area contributed by atoms with Crippen LogP contribution in [0.5, 0.6) is 0 Å². The molecule has 0 unspecified atom stereocenters. The minimum Gasteiger partial charge on any atom is -0.0826 e. The monoisotopic (exact) mass is 280 g/mol. The Kier molecular flexibility index (Phi) is 8.14. The highest BCUT2D eigenvalue weighted by Crippen LogP contribution is 2.22. The van der Waals surface area contributed by atoms with Crippen molar-refractivity contribution in [2.24, 2.45) is 21.7 Å². The van der Waals surface area contributed by atoms with Gasteiger partial charge >= 0.3 is 0 Å². The predicted octanol–water partition coefficient (Wildman–Crippen LogP) is 7.27. The van der Waals surface area contributed by atoms with E-state index in [1.54, 1.807) is 0 Å². The number of hydrogen-bond donors (Lipinski definition) is 0. The van der Waals surface area contributed by atoms with Crippen LogP contribution in [0.4, 0.5) is 0 Å². The average molecular weight is 281 g/mol. The summed E-state index contributed by atoms with van der Waals surface area (Å²) in [6.45, 7) is 26.6. The Labute approximate surface area is 129 Å². The summed E-state index contributed by atoms with van der Waals surface area (Å²) in [6, 6.07) is 0. The maximum Gasteiger partial charge on any atom is -0.0203 e. The molecule has 120 valence electrons. The van der Waals surface area contributed by atoms with Gasteiger partial charge in [0, 0.05) is 0 Å². The third kappa shape index (κ3) is 26.1. The average Bonchev–Trinajstić information content (AvgIpc) is 2.09. The van der Waals surface area contributed by atoms with Crippen molar-refractivity contribution in [3.63, 3.8) is 0 Å². The maximum atomic E-state index is 2.27. The van der Waals surface area contributed by atoms with Gasteiger partial charge in [-0.3, -0.25) is 0 Å². The Morgan fingerprint density at radius 3 is 0.450 bits per heavy atom. The van der Waals surface area contributed by atoms with Gasteiger partial charge in [0.05, 0.1) is 0 Å². The summed E-state index contributed by atoms with van der Waals surface area (Å²) in [5, 5.41) is 0. The standard InChI is InChI=1S/2C10H20/c2*1-9(2,3)7-8-10(4,5)6/h2*7-8H,1-6H3/b8-7-;. The zero-order valence-electron chi connectivity index (χ0n) is 16.3. The summed E-state index contributed by atoms with van der Waals surface area (Å²) in [5.41, 5.74) is 1.31. The van der Waals surface area contributed by atoms with Gasteiger partial charge in [-0.15, -0.1) is 0 Å². The smallest absolute Gasteiger partial charge is 0.0203 e. The summed E-state index contributed by atoms with van der Waals surface area (Å²) < 4.78 is 0. The Balaban J connectivity index is 0. The quantitative estimate of drug-likeness (QED) is 0.409. The van der Waals surface area contributed by atoms with Crippen LogP contribution in [0, 0.1) is 21.7 Å². The first-order valence-electron chi connectivity index (χ1n) is 7.82. The van der Waals surface area contributed by atoms with Crippen LogP contribution in [0.3, 0.4) is 0 Å². The zero-order chi connectivity index (χ0) is 16.8. The molecule has 0 bridgehead atoms. The lowest BCUT2D eigenvalue weighted by molar-refractivity contribution is 0.502. The summed E-state index contributed by atoms with van der Waals surface area (Å²) in [7, 11) is 0. The van der Waals surface area contributed by atoms with E-state index < -0.39 is 0 Å². The highest BCUT2D eigenvalue weighted by Gasteiger charge is 2.09. The van der Waals surface area contributed by atoms with Crippen LogP contribution in [-0.2, 0) is 0 Å². The second-order valence-corrected chi connectivity index (χ2v) is 10.1. The topological polar surface area (TPSA) is 0 Å². The highest BCUT2D eigenvalue weighted by molar-refractivity contribution is 4.99. The molecule has 0 heterocycles. The van der Waals surface area contributed by atoms with E-state index in [4.69, 9.17) is 0 Å². The third-order valence-corrected chi connectivity index (χ3v) is 2.17. The van der Waals surface area contributed by atoms with Crippen molar-refractivity contribution in [2.45, 2.75) is 83.1 Å². The molecule has 0 nitrogen and oxygen atoms in total. The first-order valence-corrected chi connectivity index (χ1v) is 7.82. The predicted molar refractivity (Wildman–Crippen MR) is 96.1 cm³/mol. The van der Waals surface area contributed by atoms with Gasteiger partial charge < -0.3 is 0 Å². The second-order valence-electron chi connectivity index (χ2n) is 10.1. The lowest BCUT2D eigenvalue weighted by Crippen LogP contribution is -2.04. The maximum absolute atomic E-state index is 2.27. The normalized spacial score (nSPS) is 14.6. The number of hydrogen-bond acceptors (Lipinski definition) is 0. The molecule has 0 aliphatic carbocycles. The molecule has 0 saturated heterocycles. The van der Waals surface area contributed by atoms with Crippen LogP contribution in [0.25, 0.3) is 0 Å². The summed E-state index contributed by atoms with van der Waals surface area (Å²) >= 11 is 0. The Morgan fingerprint density at radius 2 is 0.400 bits per heavy atom. The van der Waals surface area contributed by atoms with Crippen LogP contribution in [0.1, 0.15) is 83.1 Å². The molecular formula is C20H40. The van der Waals surface area contributed by atoms with Crippen molar-refractivity contribution in [1.82, 2.24) is 0 Å². The van der Waals surface area contributed by atoms with Crippen LogP contribution < -0.4 is 0 Å². The zero-order valence-corrected chi connectivity index (χ0v) is 16.3. The molecule has 0 atom stereocenters. The first kappa shape index (κ1) is 21.8. The molecule has 0 aromatic heterocycles. The fourth-order valence-corrected chi connectivity index (χ4v) is 1.00. The molecule has 0 heteroatoms. The summed E-state index contributed by atoms with van der Waals surface area (Å²) in [6.07, 6.45) is 9.08. The molecule has 20 heavy (non-hydrogen) atoms. The summed E-state index contributed by atoms with van der Waals surface area (Å²) in [4.78, 5) is 0. The van der Waals surface area contributed by atoms with E-state index in [1.165, 1.54) is 0 Å². The summed E-state index contributed by atoms with van der Waals surface area (Å²) in [5.74, 6) is 0. The van der Waals surface area contributed by atoms with Gasteiger partial charge in [0.1, 0.15) is 0 Å². The SMILES string of the molecule is CC(C)(C)/C=C\C(C)(C)C.CC(C)(C)C=CC(C)(C)C. The molecule has 0 aliphatic rings. The Hall–Kier alpha value is -0.520. The number of allylic oxidation sites excluding steroid dienone is 4. The van der Waals surface area contributed by atoms with E-state index in [2.05, 4.69) is 107 Å². The molecule has 0 spiro atoms. The molecular weight excluding hydrogens is 240 g/mol. The minimum atomic E-state index is 0.327. The fourth-order valence-electron chi connectivity index (χ4n) is 1.00. The van der Waals surface area contributed by atoms with Crippen molar-refractivity contribution in [2.75, 3.05) is 0 Å². The lowest BCUT2D eigenvalue weighted by atomic mass is 9.89. The van der Waals surface area contributed by atoms with Gasteiger partial charge in [0.2, 0.25) is 0 Å². The molecule has 0 rings (SSSR count). The van der Waals surface area contributed by atoms with Gasteiger partial charge in [-0.05, 0) is 21.7 Å². The van der Waals surface area contributed by atoms with Gasteiger partial charge in [0.25, 0.3) is 0 Å². The van der Waals surface area contributed by atoms with Crippen molar-refractivity contribution in [3.05, 3.63) is 24.3 Å². The molecule has 0 N–H and O–H groups in total. The van der Waals surface area contributed by atoms with Crippen molar-refractivity contribution in [1.29, 1.82) is 0 Å². The van der Waals surface area contributed by atoms with Crippen LogP contribution >= 0.6 is 0 Å². The van der Waals surface area contributed by atoms with Gasteiger partial charge in [-0.1, -0.05) is 107 Å². The van der Waals surface area contributed by atoms with Crippen LogP contribution in [0.2, 0.25) is 0 Å². The van der Waals surface area contributed by atoms with E-state index >= 15 is 0 Å². The van der Waals surface area contributed by atoms with Crippen LogP contribution in [-0.4, -0.2) is 0 Å².